The van der Waals surface area contributed by atoms with Crippen LogP contribution in [-0.2, 0) is 16.4 Å². The van der Waals surface area contributed by atoms with Gasteiger partial charge in [-0.05, 0) is 60.9 Å². The first kappa shape index (κ1) is 24.1. The maximum absolute atomic E-state index is 13.2. The molecule has 8 nitrogen and oxygen atoms in total. The third kappa shape index (κ3) is 5.36. The van der Waals surface area contributed by atoms with Crippen molar-refractivity contribution in [1.82, 2.24) is 14.1 Å². The molecule has 3 N–H and O–H groups in total. The second-order valence-electron chi connectivity index (χ2n) is 7.73. The molecule has 0 aliphatic heterocycles. The number of fused-ring (bicyclic) bond motifs is 1. The molecular weight excluding hydrogens is 496 g/mol. The van der Waals surface area contributed by atoms with Crippen LogP contribution in [0.25, 0.3) is 11.0 Å². The monoisotopic (exact) mass is 516 g/mol. The number of hydrogen-bond acceptors (Lipinski definition) is 7. The van der Waals surface area contributed by atoms with E-state index in [1.807, 2.05) is 12.1 Å². The number of benzene rings is 3. The van der Waals surface area contributed by atoms with Crippen molar-refractivity contribution < 1.29 is 18.3 Å². The van der Waals surface area contributed by atoms with Crippen LogP contribution in [0.4, 0.5) is 5.69 Å². The van der Waals surface area contributed by atoms with Crippen LogP contribution in [0.15, 0.2) is 65.6 Å². The van der Waals surface area contributed by atoms with Crippen molar-refractivity contribution in [2.24, 2.45) is 0 Å². The van der Waals surface area contributed by atoms with Gasteiger partial charge in [-0.1, -0.05) is 35.9 Å². The molecule has 11 heteroatoms. The lowest BCUT2D eigenvalue weighted by atomic mass is 10.0. The van der Waals surface area contributed by atoms with Crippen molar-refractivity contribution >= 4 is 56.0 Å². The lowest BCUT2D eigenvalue weighted by molar-refractivity contribution is 0.0917. The summed E-state index contributed by atoms with van der Waals surface area (Å²) < 4.78 is 37.1. The zero-order valence-electron chi connectivity index (χ0n) is 18.0. The van der Waals surface area contributed by atoms with Gasteiger partial charge in [-0.25, -0.2) is 8.42 Å². The fraction of sp³-hybridized carbons (Fsp3) is 0.174. The van der Waals surface area contributed by atoms with Gasteiger partial charge in [-0.15, -0.1) is 0 Å². The highest BCUT2D eigenvalue weighted by Gasteiger charge is 2.23. The number of carbonyl (C=O) groups is 1. The van der Waals surface area contributed by atoms with Crippen LogP contribution in [0.5, 0.6) is 0 Å². The molecule has 1 heterocycles. The van der Waals surface area contributed by atoms with Gasteiger partial charge in [0.2, 0.25) is 0 Å². The van der Waals surface area contributed by atoms with Crippen LogP contribution in [-0.4, -0.2) is 40.8 Å². The summed E-state index contributed by atoms with van der Waals surface area (Å²) in [5.74, 6) is -0.515. The molecule has 34 heavy (non-hydrogen) atoms. The van der Waals surface area contributed by atoms with Gasteiger partial charge in [0.15, 0.2) is 0 Å². The summed E-state index contributed by atoms with van der Waals surface area (Å²) in [6, 6.07) is 16.1. The Labute approximate surface area is 206 Å². The number of aliphatic hydroxyl groups is 1. The van der Waals surface area contributed by atoms with E-state index in [0.29, 0.717) is 17.0 Å². The van der Waals surface area contributed by atoms with E-state index in [0.717, 1.165) is 22.9 Å². The molecule has 0 saturated heterocycles. The zero-order valence-corrected chi connectivity index (χ0v) is 20.4. The van der Waals surface area contributed by atoms with Crippen LogP contribution in [0, 0.1) is 6.92 Å². The van der Waals surface area contributed by atoms with Gasteiger partial charge in [0.05, 0.1) is 35.6 Å². The van der Waals surface area contributed by atoms with Crippen molar-refractivity contribution in [1.29, 1.82) is 0 Å². The predicted octanol–water partition coefficient (Wildman–Crippen LogP) is 3.79. The fourth-order valence-corrected chi connectivity index (χ4v) is 5.43. The highest BCUT2D eigenvalue weighted by atomic mass is 35.5. The molecule has 1 atom stereocenters. The Bertz CT molecular complexity index is 1440. The number of hydrogen-bond donors (Lipinski definition) is 3. The Kier molecular flexibility index (Phi) is 7.13. The maximum Gasteiger partial charge on any atom is 0.264 e. The van der Waals surface area contributed by atoms with Gasteiger partial charge in [-0.3, -0.25) is 9.52 Å². The summed E-state index contributed by atoms with van der Waals surface area (Å²) in [5.41, 5.74) is 2.65. The zero-order chi connectivity index (χ0) is 24.3. The third-order valence-electron chi connectivity index (χ3n) is 5.15. The third-order valence-corrected chi connectivity index (χ3v) is 7.35. The van der Waals surface area contributed by atoms with Crippen LogP contribution < -0.4 is 10.0 Å². The van der Waals surface area contributed by atoms with Gasteiger partial charge < -0.3 is 10.4 Å². The first-order valence-electron chi connectivity index (χ1n) is 10.3. The molecule has 0 spiro atoms. The molecule has 0 fully saturated rings. The summed E-state index contributed by atoms with van der Waals surface area (Å²) in [5, 5.41) is 13.2. The second-order valence-corrected chi connectivity index (χ2v) is 10.3. The number of carbonyl (C=O) groups excluding carboxylic acids is 1. The van der Waals surface area contributed by atoms with Crippen molar-refractivity contribution in [2.45, 2.75) is 24.3 Å². The molecule has 0 saturated carbocycles. The molecule has 0 radical (unpaired) electrons. The molecule has 0 aliphatic carbocycles. The molecule has 0 unspecified atom stereocenters. The van der Waals surface area contributed by atoms with Crippen molar-refractivity contribution in [3.63, 3.8) is 0 Å². The number of nitrogens with one attached hydrogen (secondary N) is 2. The van der Waals surface area contributed by atoms with Crippen LogP contribution in [0.3, 0.4) is 0 Å². The topological polar surface area (TPSA) is 121 Å². The SMILES string of the molecule is Cc1ccc(C(=O)N[C@@H](CO)Cc2ccc(Cl)cc2)c(NS(=O)(=O)c2cccc3nsnc23)c1. The number of halogens is 1. The molecule has 4 rings (SSSR count). The van der Waals surface area contributed by atoms with Crippen molar-refractivity contribution in [3.8, 4) is 0 Å². The molecule has 4 aromatic rings. The van der Waals surface area contributed by atoms with Gasteiger partial charge >= 0.3 is 0 Å². The summed E-state index contributed by atoms with van der Waals surface area (Å²) >= 11 is 6.84. The minimum absolute atomic E-state index is 0.0254. The van der Waals surface area contributed by atoms with Crippen LogP contribution in [0.2, 0.25) is 5.02 Å². The lowest BCUT2D eigenvalue weighted by Gasteiger charge is -2.19. The Morgan fingerprint density at radius 3 is 2.62 bits per heavy atom. The normalized spacial score (nSPS) is 12.4. The molecule has 1 aromatic heterocycles. The Morgan fingerprint density at radius 1 is 1.12 bits per heavy atom. The van der Waals surface area contributed by atoms with Crippen molar-refractivity contribution in [3.05, 3.63) is 82.4 Å². The van der Waals surface area contributed by atoms with E-state index >= 15 is 0 Å². The van der Waals surface area contributed by atoms with E-state index in [-0.39, 0.29) is 28.3 Å². The average Bonchev–Trinajstić information content (AvgIpc) is 3.28. The molecule has 0 aliphatic rings. The van der Waals surface area contributed by atoms with Gasteiger partial charge in [0, 0.05) is 5.02 Å². The second kappa shape index (κ2) is 10.1. The number of sulfonamides is 1. The van der Waals surface area contributed by atoms with Gasteiger partial charge in [0.25, 0.3) is 15.9 Å². The number of nitrogens with zero attached hydrogens (tertiary/aromatic N) is 2. The van der Waals surface area contributed by atoms with Gasteiger partial charge in [0.1, 0.15) is 15.9 Å². The molecule has 1 amide bonds. The molecule has 3 aromatic carbocycles. The highest BCUT2D eigenvalue weighted by Crippen LogP contribution is 2.26. The average molecular weight is 517 g/mol. The largest absolute Gasteiger partial charge is 0.394 e. The Balaban J connectivity index is 1.59. The maximum atomic E-state index is 13.2. The minimum Gasteiger partial charge on any atom is -0.394 e. The Hall–Kier alpha value is -3.05. The van der Waals surface area contributed by atoms with E-state index in [4.69, 9.17) is 11.6 Å². The van der Waals surface area contributed by atoms with E-state index in [9.17, 15) is 18.3 Å². The highest BCUT2D eigenvalue weighted by molar-refractivity contribution is 7.93. The summed E-state index contributed by atoms with van der Waals surface area (Å²) in [7, 11) is -4.06. The number of rotatable bonds is 8. The molecule has 0 bridgehead atoms. The minimum atomic E-state index is -4.06. The van der Waals surface area contributed by atoms with Crippen molar-refractivity contribution in [2.75, 3.05) is 11.3 Å². The molecule has 176 valence electrons. The van der Waals surface area contributed by atoms with Crippen LogP contribution >= 0.6 is 23.3 Å². The number of aryl methyl sites for hydroxylation is 1. The fourth-order valence-electron chi connectivity index (χ4n) is 3.47. The van der Waals surface area contributed by atoms with E-state index in [2.05, 4.69) is 18.8 Å². The number of anilines is 1. The molecular formula is C23H21ClN4O4S2. The summed E-state index contributed by atoms with van der Waals surface area (Å²) in [6.07, 6.45) is 0.380. The van der Waals surface area contributed by atoms with E-state index in [1.54, 1.807) is 49.4 Å². The van der Waals surface area contributed by atoms with E-state index < -0.39 is 22.0 Å². The van der Waals surface area contributed by atoms with E-state index in [1.165, 1.54) is 6.07 Å². The summed E-state index contributed by atoms with van der Waals surface area (Å²) in [6.45, 7) is 1.50. The quantitative estimate of drug-likeness (QED) is 0.327. The Morgan fingerprint density at radius 2 is 1.88 bits per heavy atom. The number of aromatic nitrogens is 2. The standard InChI is InChI=1S/C23H21ClN4O4S2/c1-14-5-10-18(23(30)25-17(13-29)12-15-6-8-16(24)9-7-15)20(11-14)28-34(31,32)21-4-2-3-19-22(21)27-33-26-19/h2-11,17,28-29H,12-13H2,1H3,(H,25,30)/t17-/m1/s1. The van der Waals surface area contributed by atoms with Crippen LogP contribution in [0.1, 0.15) is 21.5 Å². The predicted molar refractivity (Wildman–Crippen MR) is 133 cm³/mol. The smallest absolute Gasteiger partial charge is 0.264 e. The number of amides is 1. The summed E-state index contributed by atoms with van der Waals surface area (Å²) in [4.78, 5) is 13.1. The number of aliphatic hydroxyl groups excluding tert-OH is 1. The first-order valence-corrected chi connectivity index (χ1v) is 12.9. The first-order chi connectivity index (χ1) is 16.3. The lowest BCUT2D eigenvalue weighted by Crippen LogP contribution is -2.39. The van der Waals surface area contributed by atoms with Gasteiger partial charge in [-0.2, -0.15) is 8.75 Å².